The summed E-state index contributed by atoms with van der Waals surface area (Å²) in [5.74, 6) is 3.53. The van der Waals surface area contributed by atoms with E-state index in [2.05, 4.69) is 11.4 Å². The smallest absolute Gasteiger partial charge is 0.228 e. The highest BCUT2D eigenvalue weighted by molar-refractivity contribution is 5.95. The number of carbonyl (C=O) groups excluding carboxylic acids is 1. The average Bonchev–Trinajstić information content (AvgIpc) is 2.90. The fourth-order valence-electron chi connectivity index (χ4n) is 4.70. The maximum atomic E-state index is 12.4. The summed E-state index contributed by atoms with van der Waals surface area (Å²) in [4.78, 5) is 12.4. The second-order valence-corrected chi connectivity index (χ2v) is 6.53. The molecule has 1 aromatic carbocycles. The van der Waals surface area contributed by atoms with Crippen molar-refractivity contribution in [3.63, 3.8) is 0 Å². The molecule has 3 fully saturated rings. The first-order valence-electron chi connectivity index (χ1n) is 7.54. The topological polar surface area (TPSA) is 52.9 Å². The molecule has 20 heavy (non-hydrogen) atoms. The molecule has 0 spiro atoms. The number of carbonyl (C=O) groups is 1. The van der Waals surface area contributed by atoms with Crippen LogP contribution in [0, 0.1) is 40.9 Å². The van der Waals surface area contributed by atoms with E-state index in [1.807, 2.05) is 24.3 Å². The lowest BCUT2D eigenvalue weighted by Gasteiger charge is -2.10. The number of nitriles is 1. The zero-order valence-electron chi connectivity index (χ0n) is 11.4. The number of rotatable bonds is 3. The third-order valence-electron chi connectivity index (χ3n) is 5.54. The summed E-state index contributed by atoms with van der Waals surface area (Å²) < 4.78 is 0. The Morgan fingerprint density at radius 1 is 1.20 bits per heavy atom. The van der Waals surface area contributed by atoms with Crippen molar-refractivity contribution in [3.8, 4) is 6.07 Å². The summed E-state index contributed by atoms with van der Waals surface area (Å²) in [5.41, 5.74) is 1.85. The number of nitrogens with zero attached hydrogens (tertiary/aromatic N) is 1. The van der Waals surface area contributed by atoms with Gasteiger partial charge in [-0.25, -0.2) is 0 Å². The Morgan fingerprint density at radius 2 is 1.85 bits per heavy atom. The maximum absolute atomic E-state index is 12.4. The zero-order valence-corrected chi connectivity index (χ0v) is 11.4. The van der Waals surface area contributed by atoms with Gasteiger partial charge in [-0.3, -0.25) is 4.79 Å². The number of hydrogen-bond donors (Lipinski definition) is 1. The summed E-state index contributed by atoms with van der Waals surface area (Å²) in [6.07, 6.45) is 4.49. The third-order valence-corrected chi connectivity index (χ3v) is 5.54. The number of hydrogen-bond acceptors (Lipinski definition) is 2. The lowest BCUT2D eigenvalue weighted by Crippen LogP contribution is -2.18. The van der Waals surface area contributed by atoms with Crippen LogP contribution in [-0.2, 0) is 11.2 Å². The van der Waals surface area contributed by atoms with Crippen molar-refractivity contribution in [2.75, 3.05) is 5.32 Å². The van der Waals surface area contributed by atoms with Crippen molar-refractivity contribution in [1.29, 1.82) is 5.26 Å². The van der Waals surface area contributed by atoms with Crippen molar-refractivity contribution >= 4 is 11.6 Å². The van der Waals surface area contributed by atoms with Crippen molar-refractivity contribution < 1.29 is 4.79 Å². The molecule has 3 heteroatoms. The molecule has 3 saturated carbocycles. The minimum atomic E-state index is 0.213. The van der Waals surface area contributed by atoms with E-state index in [0.717, 1.165) is 23.1 Å². The first-order chi connectivity index (χ1) is 9.78. The molecule has 1 aromatic rings. The molecule has 1 amide bonds. The van der Waals surface area contributed by atoms with Crippen molar-refractivity contribution in [2.24, 2.45) is 29.6 Å². The first-order valence-corrected chi connectivity index (χ1v) is 7.54. The minimum absolute atomic E-state index is 0.213. The van der Waals surface area contributed by atoms with Crippen LogP contribution >= 0.6 is 0 Å². The van der Waals surface area contributed by atoms with Gasteiger partial charge in [0.1, 0.15) is 0 Å². The van der Waals surface area contributed by atoms with Gasteiger partial charge in [0.15, 0.2) is 0 Å². The van der Waals surface area contributed by atoms with E-state index in [9.17, 15) is 4.79 Å². The molecular weight excluding hydrogens is 248 g/mol. The Morgan fingerprint density at radius 3 is 2.45 bits per heavy atom. The van der Waals surface area contributed by atoms with E-state index in [-0.39, 0.29) is 11.8 Å². The first kappa shape index (κ1) is 12.0. The molecule has 0 aromatic heterocycles. The monoisotopic (exact) mass is 266 g/mol. The lowest BCUT2D eigenvalue weighted by molar-refractivity contribution is -0.118. The van der Waals surface area contributed by atoms with Gasteiger partial charge in [-0.2, -0.15) is 5.26 Å². The Balaban J connectivity index is 1.40. The van der Waals surface area contributed by atoms with Crippen LogP contribution in [0.1, 0.15) is 24.8 Å². The van der Waals surface area contributed by atoms with Gasteiger partial charge in [-0.15, -0.1) is 0 Å². The van der Waals surface area contributed by atoms with Gasteiger partial charge in [0.25, 0.3) is 0 Å². The van der Waals surface area contributed by atoms with Crippen LogP contribution in [0.15, 0.2) is 24.3 Å². The molecule has 0 aliphatic heterocycles. The van der Waals surface area contributed by atoms with Crippen LogP contribution in [0.4, 0.5) is 5.69 Å². The summed E-state index contributed by atoms with van der Waals surface area (Å²) in [6, 6.07) is 9.75. The molecule has 1 N–H and O–H groups in total. The van der Waals surface area contributed by atoms with Gasteiger partial charge in [0, 0.05) is 11.6 Å². The van der Waals surface area contributed by atoms with Gasteiger partial charge in [-0.1, -0.05) is 12.1 Å². The van der Waals surface area contributed by atoms with Crippen molar-refractivity contribution in [3.05, 3.63) is 29.8 Å². The number of amides is 1. The van der Waals surface area contributed by atoms with Gasteiger partial charge in [0.05, 0.1) is 12.5 Å². The average molecular weight is 266 g/mol. The SMILES string of the molecule is N#CCc1ccc(NC(=O)C2C3C4CCC(C4)C23)cc1. The van der Waals surface area contributed by atoms with Gasteiger partial charge in [0.2, 0.25) is 5.91 Å². The van der Waals surface area contributed by atoms with Crippen LogP contribution in [0.2, 0.25) is 0 Å². The van der Waals surface area contributed by atoms with Crippen LogP contribution in [-0.4, -0.2) is 5.91 Å². The van der Waals surface area contributed by atoms with Crippen LogP contribution in [0.25, 0.3) is 0 Å². The minimum Gasteiger partial charge on any atom is -0.326 e. The molecule has 102 valence electrons. The van der Waals surface area contributed by atoms with E-state index in [4.69, 9.17) is 5.26 Å². The Kier molecular flexibility index (Phi) is 2.60. The Labute approximate surface area is 119 Å². The van der Waals surface area contributed by atoms with Gasteiger partial charge < -0.3 is 5.32 Å². The largest absolute Gasteiger partial charge is 0.326 e. The highest BCUT2D eigenvalue weighted by Gasteiger charge is 2.67. The van der Waals surface area contributed by atoms with Gasteiger partial charge >= 0.3 is 0 Å². The molecule has 0 heterocycles. The number of anilines is 1. The Hall–Kier alpha value is -1.82. The van der Waals surface area contributed by atoms with Crippen molar-refractivity contribution in [1.82, 2.24) is 0 Å². The van der Waals surface area contributed by atoms with E-state index < -0.39 is 0 Å². The predicted octanol–water partition coefficient (Wildman–Crippen LogP) is 2.98. The highest BCUT2D eigenvalue weighted by atomic mass is 16.2. The Bertz CT molecular complexity index is 570. The molecule has 3 aliphatic carbocycles. The number of nitrogens with one attached hydrogen (secondary N) is 1. The second kappa shape index (κ2) is 4.34. The molecule has 3 nitrogen and oxygen atoms in total. The molecule has 0 saturated heterocycles. The molecule has 0 radical (unpaired) electrons. The molecule has 2 bridgehead atoms. The zero-order chi connectivity index (χ0) is 13.7. The molecule has 3 aliphatic rings. The predicted molar refractivity (Wildman–Crippen MR) is 75.7 cm³/mol. The van der Waals surface area contributed by atoms with E-state index in [0.29, 0.717) is 18.3 Å². The van der Waals surface area contributed by atoms with E-state index in [1.165, 1.54) is 19.3 Å². The van der Waals surface area contributed by atoms with E-state index >= 15 is 0 Å². The molecule has 4 rings (SSSR count). The normalized spacial score (nSPS) is 36.2. The quantitative estimate of drug-likeness (QED) is 0.914. The second-order valence-electron chi connectivity index (χ2n) is 6.53. The fraction of sp³-hybridized carbons (Fsp3) is 0.529. The van der Waals surface area contributed by atoms with Crippen LogP contribution < -0.4 is 5.32 Å². The number of fused-ring (bicyclic) bond motifs is 5. The van der Waals surface area contributed by atoms with Crippen molar-refractivity contribution in [2.45, 2.75) is 25.7 Å². The fourth-order valence-corrected chi connectivity index (χ4v) is 4.70. The van der Waals surface area contributed by atoms with Gasteiger partial charge in [-0.05, 0) is 60.6 Å². The third kappa shape index (κ3) is 1.75. The van der Waals surface area contributed by atoms with Crippen LogP contribution in [0.3, 0.4) is 0 Å². The van der Waals surface area contributed by atoms with Crippen LogP contribution in [0.5, 0.6) is 0 Å². The summed E-state index contributed by atoms with van der Waals surface area (Å²) in [7, 11) is 0. The summed E-state index contributed by atoms with van der Waals surface area (Å²) in [6.45, 7) is 0. The van der Waals surface area contributed by atoms with E-state index in [1.54, 1.807) is 0 Å². The maximum Gasteiger partial charge on any atom is 0.228 e. The number of benzene rings is 1. The summed E-state index contributed by atoms with van der Waals surface area (Å²) >= 11 is 0. The molecule has 4 unspecified atom stereocenters. The standard InChI is InChI=1S/C17H18N2O/c18-8-7-10-1-5-13(6-2-10)19-17(20)16-14-11-3-4-12(9-11)15(14)16/h1-2,5-6,11-12,14-16H,3-4,7,9H2,(H,19,20). The lowest BCUT2D eigenvalue weighted by atomic mass is 10.0. The molecule has 4 atom stereocenters. The molecular formula is C17H18N2O. The summed E-state index contributed by atoms with van der Waals surface area (Å²) in [5, 5.41) is 11.7. The highest BCUT2D eigenvalue weighted by Crippen LogP contribution is 2.69.